The molecule has 0 bridgehead atoms. The molecular weight excluding hydrogens is 373 g/mol. The van der Waals surface area contributed by atoms with Crippen molar-refractivity contribution in [2.45, 2.75) is 0 Å². The Morgan fingerprint density at radius 2 is 1.90 bits per heavy atom. The first-order valence-corrected chi connectivity index (χ1v) is 9.23. The zero-order chi connectivity index (χ0) is 19.8. The highest BCUT2D eigenvalue weighted by Gasteiger charge is 2.33. The van der Waals surface area contributed by atoms with E-state index in [4.69, 9.17) is 9.26 Å². The van der Waals surface area contributed by atoms with E-state index in [1.807, 2.05) is 18.3 Å². The zero-order valence-electron chi connectivity index (χ0n) is 15.7. The lowest BCUT2D eigenvalue weighted by atomic mass is 10.1. The third-order valence-electron chi connectivity index (χ3n) is 4.93. The van der Waals surface area contributed by atoms with Crippen LogP contribution >= 0.6 is 0 Å². The van der Waals surface area contributed by atoms with Crippen molar-refractivity contribution in [1.82, 2.24) is 10.1 Å². The number of para-hydroxylation sites is 2. The number of nitrogens with zero attached hydrogens (tertiary/aromatic N) is 5. The lowest BCUT2D eigenvalue weighted by molar-refractivity contribution is 0.207. The second-order valence-electron chi connectivity index (χ2n) is 6.70. The Balaban J connectivity index is 1.49. The first kappa shape index (κ1) is 17.6. The molecule has 0 atom stereocenters. The van der Waals surface area contributed by atoms with Crippen molar-refractivity contribution in [3.05, 3.63) is 72.1 Å². The Labute approximate surface area is 166 Å². The Hall–Kier alpha value is -3.52. The first-order chi connectivity index (χ1) is 14.2. The van der Waals surface area contributed by atoms with Gasteiger partial charge >= 0.3 is 0 Å². The van der Waals surface area contributed by atoms with Crippen LogP contribution in [-0.2, 0) is 4.74 Å². The van der Waals surface area contributed by atoms with Crippen LogP contribution in [0.25, 0.3) is 11.4 Å². The van der Waals surface area contributed by atoms with Gasteiger partial charge in [0, 0.05) is 25.4 Å². The van der Waals surface area contributed by atoms with Crippen molar-refractivity contribution in [2.75, 3.05) is 36.7 Å². The summed E-state index contributed by atoms with van der Waals surface area (Å²) in [5.74, 6) is 0.425. The molecular formula is C21H18FN5O2. The average Bonchev–Trinajstić information content (AvgIpc) is 3.39. The summed E-state index contributed by atoms with van der Waals surface area (Å²) in [5.41, 5.74) is 4.39. The number of rotatable bonds is 5. The molecule has 7 nitrogen and oxygen atoms in total. The minimum Gasteiger partial charge on any atom is -0.383 e. The van der Waals surface area contributed by atoms with Gasteiger partial charge < -0.3 is 19.1 Å². The number of hydrogen-bond donors (Lipinski definition) is 0. The van der Waals surface area contributed by atoms with E-state index in [1.54, 1.807) is 19.2 Å². The molecule has 3 aromatic rings. The second kappa shape index (κ2) is 7.14. The lowest BCUT2D eigenvalue weighted by Crippen LogP contribution is -2.33. The SMILES string of the molecule is COCCN1C=C2C(c3nc(-c4ccc(F)cc4)no3)=NCN2c2ccccc21. The van der Waals surface area contributed by atoms with Crippen LogP contribution in [0.2, 0.25) is 0 Å². The predicted octanol–water partition coefficient (Wildman–Crippen LogP) is 3.45. The Morgan fingerprint density at radius 3 is 2.69 bits per heavy atom. The minimum atomic E-state index is -0.310. The van der Waals surface area contributed by atoms with Crippen molar-refractivity contribution < 1.29 is 13.7 Å². The zero-order valence-corrected chi connectivity index (χ0v) is 15.7. The van der Waals surface area contributed by atoms with Gasteiger partial charge in [0.05, 0.1) is 23.7 Å². The molecule has 2 aliphatic heterocycles. The molecule has 2 aliphatic rings. The minimum absolute atomic E-state index is 0.310. The van der Waals surface area contributed by atoms with Crippen molar-refractivity contribution in [2.24, 2.45) is 4.99 Å². The van der Waals surface area contributed by atoms with E-state index >= 15 is 0 Å². The first-order valence-electron chi connectivity index (χ1n) is 9.23. The summed E-state index contributed by atoms with van der Waals surface area (Å²) in [4.78, 5) is 13.4. The van der Waals surface area contributed by atoms with Gasteiger partial charge in [-0.3, -0.25) is 4.99 Å². The topological polar surface area (TPSA) is 67.0 Å². The van der Waals surface area contributed by atoms with E-state index < -0.39 is 0 Å². The predicted molar refractivity (Wildman–Crippen MR) is 107 cm³/mol. The Kier molecular flexibility index (Phi) is 4.33. The summed E-state index contributed by atoms with van der Waals surface area (Å²) < 4.78 is 23.9. The van der Waals surface area contributed by atoms with Gasteiger partial charge in [0.2, 0.25) is 5.82 Å². The smallest absolute Gasteiger partial charge is 0.278 e. The number of aliphatic imine (C=N–C) groups is 1. The molecule has 0 aliphatic carbocycles. The third-order valence-corrected chi connectivity index (χ3v) is 4.93. The fraction of sp³-hybridized carbons (Fsp3) is 0.190. The van der Waals surface area contributed by atoms with E-state index in [9.17, 15) is 4.39 Å². The molecule has 0 saturated heterocycles. The van der Waals surface area contributed by atoms with Crippen LogP contribution in [0, 0.1) is 5.82 Å². The van der Waals surface area contributed by atoms with Crippen molar-refractivity contribution in [1.29, 1.82) is 0 Å². The fourth-order valence-corrected chi connectivity index (χ4v) is 3.50. The highest BCUT2D eigenvalue weighted by Crippen LogP contribution is 2.39. The summed E-state index contributed by atoms with van der Waals surface area (Å²) in [6.45, 7) is 1.78. The van der Waals surface area contributed by atoms with E-state index in [0.29, 0.717) is 42.8 Å². The third kappa shape index (κ3) is 3.07. The average molecular weight is 391 g/mol. The summed E-state index contributed by atoms with van der Waals surface area (Å²) in [6.07, 6.45) is 2.04. The maximum atomic E-state index is 13.2. The van der Waals surface area contributed by atoms with E-state index in [1.165, 1.54) is 12.1 Å². The molecule has 5 rings (SSSR count). The molecule has 0 unspecified atom stereocenters. The molecule has 0 fully saturated rings. The number of halogens is 1. The lowest BCUT2D eigenvalue weighted by Gasteiger charge is -2.34. The Bertz CT molecular complexity index is 1110. The van der Waals surface area contributed by atoms with Crippen molar-refractivity contribution >= 4 is 17.1 Å². The normalized spacial score (nSPS) is 15.1. The van der Waals surface area contributed by atoms with E-state index in [-0.39, 0.29) is 5.82 Å². The summed E-state index contributed by atoms with van der Waals surface area (Å²) in [6, 6.07) is 14.2. The Morgan fingerprint density at radius 1 is 1.10 bits per heavy atom. The monoisotopic (exact) mass is 391 g/mol. The number of hydrogen-bond acceptors (Lipinski definition) is 7. The molecule has 0 N–H and O–H groups in total. The van der Waals surface area contributed by atoms with E-state index in [0.717, 1.165) is 17.1 Å². The van der Waals surface area contributed by atoms with Crippen molar-refractivity contribution in [3.63, 3.8) is 0 Å². The van der Waals surface area contributed by atoms with Crippen LogP contribution in [0.3, 0.4) is 0 Å². The van der Waals surface area contributed by atoms with Gasteiger partial charge in [-0.05, 0) is 36.4 Å². The van der Waals surface area contributed by atoms with Crippen LogP contribution in [0.15, 0.2) is 69.9 Å². The van der Waals surface area contributed by atoms with Crippen LogP contribution < -0.4 is 9.80 Å². The van der Waals surface area contributed by atoms with Crippen LogP contribution in [0.1, 0.15) is 5.89 Å². The summed E-state index contributed by atoms with van der Waals surface area (Å²) in [7, 11) is 1.69. The highest BCUT2D eigenvalue weighted by molar-refractivity contribution is 6.15. The highest BCUT2D eigenvalue weighted by atomic mass is 19.1. The molecule has 0 radical (unpaired) electrons. The number of methoxy groups -OCH3 is 1. The number of fused-ring (bicyclic) bond motifs is 3. The van der Waals surface area contributed by atoms with Gasteiger partial charge in [-0.2, -0.15) is 4.98 Å². The molecule has 2 aromatic carbocycles. The standard InChI is InChI=1S/C21H18FN5O2/c1-28-11-10-26-12-18-19(23-13-27(18)17-5-3-2-4-16(17)26)21-24-20(25-29-21)14-6-8-15(22)9-7-14/h2-9,12H,10-11,13H2,1H3. The summed E-state index contributed by atoms with van der Waals surface area (Å²) in [5, 5.41) is 4.04. The van der Waals surface area contributed by atoms with Gasteiger partial charge in [-0.1, -0.05) is 17.3 Å². The van der Waals surface area contributed by atoms with Gasteiger partial charge in [-0.15, -0.1) is 0 Å². The van der Waals surface area contributed by atoms with Gasteiger partial charge in [0.25, 0.3) is 5.89 Å². The molecule has 3 heterocycles. The van der Waals surface area contributed by atoms with E-state index in [2.05, 4.69) is 37.1 Å². The molecule has 1 aromatic heterocycles. The number of ether oxygens (including phenoxy) is 1. The summed E-state index contributed by atoms with van der Waals surface area (Å²) >= 11 is 0. The number of anilines is 2. The van der Waals surface area contributed by atoms with Crippen LogP contribution in [-0.4, -0.2) is 42.8 Å². The molecule has 146 valence electrons. The van der Waals surface area contributed by atoms with Crippen LogP contribution in [0.5, 0.6) is 0 Å². The number of allylic oxidation sites excluding steroid dienone is 1. The second-order valence-corrected chi connectivity index (χ2v) is 6.70. The molecule has 0 spiro atoms. The molecule has 8 heteroatoms. The largest absolute Gasteiger partial charge is 0.383 e. The molecule has 0 amide bonds. The van der Waals surface area contributed by atoms with Gasteiger partial charge in [0.1, 0.15) is 12.5 Å². The van der Waals surface area contributed by atoms with Gasteiger partial charge in [0.15, 0.2) is 5.71 Å². The van der Waals surface area contributed by atoms with Crippen LogP contribution in [0.4, 0.5) is 15.8 Å². The maximum Gasteiger partial charge on any atom is 0.278 e. The molecule has 0 saturated carbocycles. The van der Waals surface area contributed by atoms with Crippen molar-refractivity contribution in [3.8, 4) is 11.4 Å². The number of benzene rings is 2. The van der Waals surface area contributed by atoms with Gasteiger partial charge in [-0.25, -0.2) is 4.39 Å². The maximum absolute atomic E-state index is 13.2. The quantitative estimate of drug-likeness (QED) is 0.664. The fourth-order valence-electron chi connectivity index (χ4n) is 3.50. The number of aromatic nitrogens is 2. The molecule has 29 heavy (non-hydrogen) atoms.